The fourth-order valence-electron chi connectivity index (χ4n) is 2.75. The van der Waals surface area contributed by atoms with E-state index in [1.165, 1.54) is 5.56 Å². The fourth-order valence-corrected chi connectivity index (χ4v) is 2.75. The summed E-state index contributed by atoms with van der Waals surface area (Å²) in [4.78, 5) is 18.4. The number of aromatic nitrogens is 3. The molecule has 2 aromatic rings. The van der Waals surface area contributed by atoms with Crippen LogP contribution in [0.3, 0.4) is 0 Å². The molecule has 21 heavy (non-hydrogen) atoms. The van der Waals surface area contributed by atoms with E-state index in [0.717, 1.165) is 37.3 Å². The Hall–Kier alpha value is -2.17. The second-order valence-electron chi connectivity index (χ2n) is 5.55. The van der Waals surface area contributed by atoms with Crippen LogP contribution in [-0.4, -0.2) is 38.7 Å². The molecule has 0 radical (unpaired) electrons. The van der Waals surface area contributed by atoms with Crippen LogP contribution in [0, 0.1) is 6.92 Å². The van der Waals surface area contributed by atoms with Crippen molar-refractivity contribution < 1.29 is 4.79 Å². The second kappa shape index (κ2) is 5.68. The van der Waals surface area contributed by atoms with Gasteiger partial charge in [-0.3, -0.25) is 14.5 Å². The molecular weight excluding hydrogens is 264 g/mol. The summed E-state index contributed by atoms with van der Waals surface area (Å²) in [6, 6.07) is 4.05. The van der Waals surface area contributed by atoms with Crippen molar-refractivity contribution in [3.8, 4) is 0 Å². The Bertz CT molecular complexity index is 629. The van der Waals surface area contributed by atoms with Crippen molar-refractivity contribution in [2.24, 2.45) is 0 Å². The van der Waals surface area contributed by atoms with E-state index in [1.807, 2.05) is 28.6 Å². The van der Waals surface area contributed by atoms with Gasteiger partial charge in [-0.1, -0.05) is 6.92 Å². The van der Waals surface area contributed by atoms with E-state index in [2.05, 4.69) is 17.0 Å². The second-order valence-corrected chi connectivity index (χ2v) is 5.55. The molecule has 2 aromatic heterocycles. The summed E-state index contributed by atoms with van der Waals surface area (Å²) in [6.07, 6.45) is 6.33. The highest BCUT2D eigenvalue weighted by Crippen LogP contribution is 2.28. The molecule has 110 valence electrons. The molecule has 0 aromatic carbocycles. The Morgan fingerprint density at radius 3 is 2.71 bits per heavy atom. The highest BCUT2D eigenvalue weighted by Gasteiger charge is 2.33. The van der Waals surface area contributed by atoms with Crippen molar-refractivity contribution >= 4 is 5.91 Å². The lowest BCUT2D eigenvalue weighted by Crippen LogP contribution is -2.48. The fraction of sp³-hybridized carbons (Fsp3) is 0.438. The van der Waals surface area contributed by atoms with Crippen molar-refractivity contribution in [2.75, 3.05) is 13.1 Å². The van der Waals surface area contributed by atoms with Crippen LogP contribution in [0.4, 0.5) is 0 Å². The van der Waals surface area contributed by atoms with Crippen LogP contribution in [-0.2, 0) is 6.54 Å². The third-order valence-electron chi connectivity index (χ3n) is 4.12. The van der Waals surface area contributed by atoms with E-state index in [9.17, 15) is 4.79 Å². The lowest BCUT2D eigenvalue weighted by molar-refractivity contribution is 0.0601. The van der Waals surface area contributed by atoms with Gasteiger partial charge in [-0.2, -0.15) is 5.10 Å². The number of amides is 1. The first-order chi connectivity index (χ1) is 10.2. The van der Waals surface area contributed by atoms with Gasteiger partial charge in [0, 0.05) is 43.6 Å². The van der Waals surface area contributed by atoms with Crippen molar-refractivity contribution in [1.82, 2.24) is 19.7 Å². The zero-order valence-electron chi connectivity index (χ0n) is 12.5. The van der Waals surface area contributed by atoms with E-state index in [4.69, 9.17) is 0 Å². The molecule has 0 aliphatic carbocycles. The van der Waals surface area contributed by atoms with Gasteiger partial charge in [0.25, 0.3) is 5.91 Å². The van der Waals surface area contributed by atoms with Gasteiger partial charge in [0.1, 0.15) is 0 Å². The maximum Gasteiger partial charge on any atom is 0.257 e. The van der Waals surface area contributed by atoms with Crippen LogP contribution in [0.1, 0.15) is 40.9 Å². The van der Waals surface area contributed by atoms with Gasteiger partial charge in [-0.05, 0) is 31.0 Å². The van der Waals surface area contributed by atoms with E-state index >= 15 is 0 Å². The average Bonchev–Trinajstić information content (AvgIpc) is 2.80. The molecule has 3 heterocycles. The summed E-state index contributed by atoms with van der Waals surface area (Å²) in [5.74, 6) is 0.531. The lowest BCUT2D eigenvalue weighted by atomic mass is 9.91. The molecule has 1 amide bonds. The maximum atomic E-state index is 12.5. The van der Waals surface area contributed by atoms with Crippen LogP contribution >= 0.6 is 0 Å². The monoisotopic (exact) mass is 284 g/mol. The molecule has 1 aliphatic heterocycles. The standard InChI is InChI=1S/C16H20N4O/c1-3-8-20-12(2)15(9-18-20)16(21)19-10-14(11-19)13-4-6-17-7-5-13/h4-7,9,14H,3,8,10-11H2,1-2H3. The van der Waals surface area contributed by atoms with Crippen LogP contribution in [0.15, 0.2) is 30.7 Å². The molecule has 0 atom stereocenters. The van der Waals surface area contributed by atoms with E-state index in [1.54, 1.807) is 18.6 Å². The minimum atomic E-state index is 0.0974. The number of carbonyl (C=O) groups excluding carboxylic acids is 1. The topological polar surface area (TPSA) is 51.0 Å². The molecule has 0 unspecified atom stereocenters. The van der Waals surface area contributed by atoms with Gasteiger partial charge in [0.15, 0.2) is 0 Å². The highest BCUT2D eigenvalue weighted by atomic mass is 16.2. The molecule has 0 bridgehead atoms. The van der Waals surface area contributed by atoms with Crippen molar-refractivity contribution in [3.63, 3.8) is 0 Å². The Balaban J connectivity index is 1.66. The van der Waals surface area contributed by atoms with Crippen molar-refractivity contribution in [1.29, 1.82) is 0 Å². The Morgan fingerprint density at radius 1 is 1.33 bits per heavy atom. The molecule has 5 heteroatoms. The van der Waals surface area contributed by atoms with Crippen LogP contribution in [0.5, 0.6) is 0 Å². The molecule has 0 spiro atoms. The average molecular weight is 284 g/mol. The van der Waals surface area contributed by atoms with E-state index in [0.29, 0.717) is 5.92 Å². The van der Waals surface area contributed by atoms with E-state index < -0.39 is 0 Å². The Kier molecular flexibility index (Phi) is 3.73. The third-order valence-corrected chi connectivity index (χ3v) is 4.12. The largest absolute Gasteiger partial charge is 0.337 e. The summed E-state index contributed by atoms with van der Waals surface area (Å²) < 4.78 is 1.91. The van der Waals surface area contributed by atoms with Gasteiger partial charge in [-0.15, -0.1) is 0 Å². The van der Waals surface area contributed by atoms with Crippen LogP contribution < -0.4 is 0 Å². The molecule has 0 saturated carbocycles. The molecule has 5 nitrogen and oxygen atoms in total. The molecule has 0 N–H and O–H groups in total. The minimum absolute atomic E-state index is 0.0974. The summed E-state index contributed by atoms with van der Waals surface area (Å²) in [6.45, 7) is 6.49. The van der Waals surface area contributed by atoms with E-state index in [-0.39, 0.29) is 5.91 Å². The number of hydrogen-bond acceptors (Lipinski definition) is 3. The highest BCUT2D eigenvalue weighted by molar-refractivity contribution is 5.95. The summed E-state index contributed by atoms with van der Waals surface area (Å²) >= 11 is 0. The smallest absolute Gasteiger partial charge is 0.257 e. The van der Waals surface area contributed by atoms with Gasteiger partial charge < -0.3 is 4.90 Å². The number of hydrogen-bond donors (Lipinski definition) is 0. The van der Waals surface area contributed by atoms with Gasteiger partial charge in [0.2, 0.25) is 0 Å². The Labute approximate surface area is 124 Å². The lowest BCUT2D eigenvalue weighted by Gasteiger charge is -2.39. The first-order valence-electron chi connectivity index (χ1n) is 7.42. The number of pyridine rings is 1. The Morgan fingerprint density at radius 2 is 2.05 bits per heavy atom. The van der Waals surface area contributed by atoms with Crippen molar-refractivity contribution in [2.45, 2.75) is 32.7 Å². The first kappa shape index (κ1) is 13.8. The normalized spacial score (nSPS) is 15.0. The van der Waals surface area contributed by atoms with Gasteiger partial charge >= 0.3 is 0 Å². The predicted molar refractivity (Wildman–Crippen MR) is 80.1 cm³/mol. The maximum absolute atomic E-state index is 12.5. The predicted octanol–water partition coefficient (Wildman–Crippen LogP) is 2.24. The SMILES string of the molecule is CCCn1ncc(C(=O)N2CC(c3ccncc3)C2)c1C. The molecule has 1 fully saturated rings. The van der Waals surface area contributed by atoms with Crippen molar-refractivity contribution in [3.05, 3.63) is 47.5 Å². The number of likely N-dealkylation sites (tertiary alicyclic amines) is 1. The van der Waals surface area contributed by atoms with Crippen LogP contribution in [0.2, 0.25) is 0 Å². The number of nitrogens with zero attached hydrogens (tertiary/aromatic N) is 4. The third kappa shape index (κ3) is 2.55. The summed E-state index contributed by atoms with van der Waals surface area (Å²) in [7, 11) is 0. The number of carbonyl (C=O) groups is 1. The minimum Gasteiger partial charge on any atom is -0.337 e. The summed E-state index contributed by atoms with van der Waals surface area (Å²) in [5, 5.41) is 4.31. The zero-order valence-corrected chi connectivity index (χ0v) is 12.5. The quantitative estimate of drug-likeness (QED) is 0.865. The van der Waals surface area contributed by atoms with Gasteiger partial charge in [0.05, 0.1) is 11.8 Å². The number of aryl methyl sites for hydroxylation is 1. The summed E-state index contributed by atoms with van der Waals surface area (Å²) in [5.41, 5.74) is 2.96. The molecule has 3 rings (SSSR count). The molecular formula is C16H20N4O. The molecule has 1 aliphatic rings. The molecule has 1 saturated heterocycles. The first-order valence-corrected chi connectivity index (χ1v) is 7.42. The van der Waals surface area contributed by atoms with Gasteiger partial charge in [-0.25, -0.2) is 0 Å². The number of rotatable bonds is 4. The zero-order chi connectivity index (χ0) is 14.8. The van der Waals surface area contributed by atoms with Crippen LogP contribution in [0.25, 0.3) is 0 Å².